The van der Waals surface area contributed by atoms with Gasteiger partial charge in [0.05, 0.1) is 12.7 Å². The van der Waals surface area contributed by atoms with Crippen LogP contribution in [0, 0.1) is 5.41 Å². The molecule has 0 saturated heterocycles. The second-order valence-electron chi connectivity index (χ2n) is 6.09. The molecule has 0 heterocycles. The summed E-state index contributed by atoms with van der Waals surface area (Å²) in [5, 5.41) is 10.1. The Kier molecular flexibility index (Phi) is 3.88. The summed E-state index contributed by atoms with van der Waals surface area (Å²) in [6.07, 6.45) is 6.32. The van der Waals surface area contributed by atoms with E-state index in [0.29, 0.717) is 6.61 Å². The highest BCUT2D eigenvalue weighted by molar-refractivity contribution is 5.40. The van der Waals surface area contributed by atoms with E-state index in [9.17, 15) is 5.11 Å². The number of rotatable bonds is 5. The van der Waals surface area contributed by atoms with Gasteiger partial charge in [-0.3, -0.25) is 0 Å². The zero-order valence-corrected chi connectivity index (χ0v) is 12.2. The number of hydrogen-bond acceptors (Lipinski definition) is 3. The summed E-state index contributed by atoms with van der Waals surface area (Å²) in [6.45, 7) is 2.80. The van der Waals surface area contributed by atoms with E-state index in [4.69, 9.17) is 9.47 Å². The molecule has 0 aliphatic heterocycles. The van der Waals surface area contributed by atoms with Crippen molar-refractivity contribution >= 4 is 0 Å². The van der Waals surface area contributed by atoms with Crippen LogP contribution in [0.15, 0.2) is 24.3 Å². The average molecular weight is 276 g/mol. The Bertz CT molecular complexity index is 451. The van der Waals surface area contributed by atoms with Gasteiger partial charge in [-0.2, -0.15) is 0 Å². The van der Waals surface area contributed by atoms with Gasteiger partial charge < -0.3 is 14.6 Å². The van der Waals surface area contributed by atoms with E-state index in [1.807, 2.05) is 24.3 Å². The molecule has 3 rings (SSSR count). The molecule has 1 aromatic rings. The fraction of sp³-hybridized carbons (Fsp3) is 0.647. The van der Waals surface area contributed by atoms with Crippen LogP contribution in [0.2, 0.25) is 0 Å². The number of aliphatic hydroxyl groups excluding tert-OH is 1. The first-order valence-electron chi connectivity index (χ1n) is 7.83. The number of para-hydroxylation sites is 2. The van der Waals surface area contributed by atoms with E-state index >= 15 is 0 Å². The Hall–Kier alpha value is -1.22. The lowest BCUT2D eigenvalue weighted by molar-refractivity contribution is -0.152. The second-order valence-corrected chi connectivity index (χ2v) is 6.09. The van der Waals surface area contributed by atoms with Crippen LogP contribution in [-0.4, -0.2) is 23.9 Å². The topological polar surface area (TPSA) is 38.7 Å². The van der Waals surface area contributed by atoms with Crippen molar-refractivity contribution in [3.05, 3.63) is 24.3 Å². The van der Waals surface area contributed by atoms with Crippen molar-refractivity contribution in [3.63, 3.8) is 0 Å². The van der Waals surface area contributed by atoms with Crippen LogP contribution in [0.4, 0.5) is 0 Å². The molecule has 0 bridgehead atoms. The van der Waals surface area contributed by atoms with E-state index in [1.165, 1.54) is 12.8 Å². The van der Waals surface area contributed by atoms with Gasteiger partial charge in [0.1, 0.15) is 6.10 Å². The molecule has 20 heavy (non-hydrogen) atoms. The van der Waals surface area contributed by atoms with Crippen LogP contribution >= 0.6 is 0 Å². The molecule has 3 nitrogen and oxygen atoms in total. The van der Waals surface area contributed by atoms with Crippen molar-refractivity contribution in [1.29, 1.82) is 0 Å². The first kappa shape index (κ1) is 13.7. The quantitative estimate of drug-likeness (QED) is 0.894. The summed E-state index contributed by atoms with van der Waals surface area (Å²) in [5.74, 6) is 1.65. The predicted molar refractivity (Wildman–Crippen MR) is 78.2 cm³/mol. The highest BCUT2D eigenvalue weighted by Crippen LogP contribution is 2.55. The van der Waals surface area contributed by atoms with Gasteiger partial charge in [0.15, 0.2) is 11.5 Å². The lowest BCUT2D eigenvalue weighted by Gasteiger charge is -2.51. The summed E-state index contributed by atoms with van der Waals surface area (Å²) in [4.78, 5) is 0. The van der Waals surface area contributed by atoms with Crippen molar-refractivity contribution in [2.75, 3.05) is 6.61 Å². The zero-order valence-electron chi connectivity index (χ0n) is 12.2. The fourth-order valence-corrected chi connectivity index (χ4v) is 3.61. The molecule has 2 atom stereocenters. The third-order valence-corrected chi connectivity index (χ3v) is 4.86. The van der Waals surface area contributed by atoms with E-state index in [1.54, 1.807) is 0 Å². The van der Waals surface area contributed by atoms with Crippen molar-refractivity contribution < 1.29 is 14.6 Å². The molecule has 110 valence electrons. The molecule has 2 aliphatic rings. The van der Waals surface area contributed by atoms with E-state index in [-0.39, 0.29) is 17.6 Å². The maximum atomic E-state index is 10.1. The molecule has 1 N–H and O–H groups in total. The van der Waals surface area contributed by atoms with Gasteiger partial charge in [0.2, 0.25) is 0 Å². The maximum absolute atomic E-state index is 10.1. The number of ether oxygens (including phenoxy) is 2. The molecule has 0 amide bonds. The van der Waals surface area contributed by atoms with Gasteiger partial charge in [-0.1, -0.05) is 31.9 Å². The predicted octanol–water partition coefficient (Wildman–Crippen LogP) is 3.55. The second kappa shape index (κ2) is 5.65. The van der Waals surface area contributed by atoms with Crippen molar-refractivity contribution in [1.82, 2.24) is 0 Å². The Morgan fingerprint density at radius 3 is 2.55 bits per heavy atom. The first-order valence-corrected chi connectivity index (χ1v) is 7.83. The van der Waals surface area contributed by atoms with E-state index in [2.05, 4.69) is 6.92 Å². The lowest BCUT2D eigenvalue weighted by atomic mass is 9.62. The molecule has 1 spiro atoms. The SMILES string of the molecule is CCCOc1ccccc1OC1CC(O)C12CCCC2. The van der Waals surface area contributed by atoms with Crippen LogP contribution in [0.25, 0.3) is 0 Å². The molecule has 2 fully saturated rings. The van der Waals surface area contributed by atoms with Gasteiger partial charge in [-0.25, -0.2) is 0 Å². The van der Waals surface area contributed by atoms with Crippen LogP contribution in [0.1, 0.15) is 45.4 Å². The van der Waals surface area contributed by atoms with Crippen molar-refractivity contribution in [2.24, 2.45) is 5.41 Å². The molecule has 0 radical (unpaired) electrons. The van der Waals surface area contributed by atoms with Crippen LogP contribution < -0.4 is 9.47 Å². The summed E-state index contributed by atoms with van der Waals surface area (Å²) in [5.41, 5.74) is 0.0118. The molecular weight excluding hydrogens is 252 g/mol. The van der Waals surface area contributed by atoms with Gasteiger partial charge >= 0.3 is 0 Å². The third-order valence-electron chi connectivity index (χ3n) is 4.86. The molecule has 2 aliphatic carbocycles. The Balaban J connectivity index is 1.72. The highest BCUT2D eigenvalue weighted by Gasteiger charge is 2.57. The van der Waals surface area contributed by atoms with Gasteiger partial charge in [0, 0.05) is 11.8 Å². The van der Waals surface area contributed by atoms with Crippen LogP contribution in [0.5, 0.6) is 11.5 Å². The zero-order chi connectivity index (χ0) is 14.0. The standard InChI is InChI=1S/C17H24O3/c1-2-11-19-13-7-3-4-8-14(13)20-16-12-15(18)17(16)9-5-6-10-17/h3-4,7-8,15-16,18H,2,5-6,9-12H2,1H3. The third kappa shape index (κ3) is 2.28. The molecular formula is C17H24O3. The van der Waals surface area contributed by atoms with Gasteiger partial charge in [-0.05, 0) is 31.4 Å². The Labute approximate surface area is 120 Å². The Morgan fingerprint density at radius 2 is 1.90 bits per heavy atom. The molecule has 0 aromatic heterocycles. The molecule has 2 saturated carbocycles. The monoisotopic (exact) mass is 276 g/mol. The highest BCUT2D eigenvalue weighted by atomic mass is 16.5. The fourth-order valence-electron chi connectivity index (χ4n) is 3.61. The van der Waals surface area contributed by atoms with Crippen LogP contribution in [0.3, 0.4) is 0 Å². The largest absolute Gasteiger partial charge is 0.490 e. The summed E-state index contributed by atoms with van der Waals surface area (Å²) in [7, 11) is 0. The van der Waals surface area contributed by atoms with Crippen molar-refractivity contribution in [3.8, 4) is 11.5 Å². The Morgan fingerprint density at radius 1 is 1.20 bits per heavy atom. The number of aliphatic hydroxyl groups is 1. The summed E-state index contributed by atoms with van der Waals surface area (Å²) in [6, 6.07) is 7.88. The molecule has 2 unspecified atom stereocenters. The summed E-state index contributed by atoms with van der Waals surface area (Å²) >= 11 is 0. The first-order chi connectivity index (χ1) is 9.76. The minimum Gasteiger partial charge on any atom is -0.490 e. The number of benzene rings is 1. The smallest absolute Gasteiger partial charge is 0.161 e. The lowest BCUT2D eigenvalue weighted by Crippen LogP contribution is -2.58. The normalized spacial score (nSPS) is 27.3. The van der Waals surface area contributed by atoms with Crippen LogP contribution in [-0.2, 0) is 0 Å². The minimum absolute atomic E-state index is 0.0118. The van der Waals surface area contributed by atoms with E-state index in [0.717, 1.165) is 37.2 Å². The minimum atomic E-state index is -0.182. The van der Waals surface area contributed by atoms with Crippen molar-refractivity contribution in [2.45, 2.75) is 57.7 Å². The maximum Gasteiger partial charge on any atom is 0.161 e. The van der Waals surface area contributed by atoms with E-state index < -0.39 is 0 Å². The molecule has 3 heteroatoms. The van der Waals surface area contributed by atoms with Gasteiger partial charge in [-0.15, -0.1) is 0 Å². The average Bonchev–Trinajstić information content (AvgIpc) is 2.98. The molecule has 1 aromatic carbocycles. The van der Waals surface area contributed by atoms with Gasteiger partial charge in [0.25, 0.3) is 0 Å². The summed E-state index contributed by atoms with van der Waals surface area (Å²) < 4.78 is 11.9. The number of hydrogen-bond donors (Lipinski definition) is 1.